The van der Waals surface area contributed by atoms with Gasteiger partial charge in [-0.15, -0.1) is 0 Å². The number of ether oxygens (including phenoxy) is 1. The fraction of sp³-hybridized carbons (Fsp3) is 0.800. The first-order valence-corrected chi connectivity index (χ1v) is 2.77. The first kappa shape index (κ1) is 8.39. The lowest BCUT2D eigenvalue weighted by Crippen LogP contribution is -2.24. The second-order valence-electron chi connectivity index (χ2n) is 1.46. The molecule has 0 saturated carbocycles. The van der Waals surface area contributed by atoms with Gasteiger partial charge in [-0.3, -0.25) is 10.1 Å². The number of carboxylic acids is 1. The molecule has 0 bridgehead atoms. The van der Waals surface area contributed by atoms with Crippen LogP contribution in [0.5, 0.6) is 0 Å². The zero-order chi connectivity index (χ0) is 7.11. The van der Waals surface area contributed by atoms with E-state index in [4.69, 9.17) is 9.84 Å². The third kappa shape index (κ3) is 7.39. The van der Waals surface area contributed by atoms with Crippen molar-refractivity contribution in [3.05, 3.63) is 0 Å². The summed E-state index contributed by atoms with van der Waals surface area (Å²) in [6, 6.07) is 0. The number of rotatable bonds is 5. The summed E-state index contributed by atoms with van der Waals surface area (Å²) in [5, 5.41) is 10.7. The Morgan fingerprint density at radius 3 is 2.89 bits per heavy atom. The van der Waals surface area contributed by atoms with Crippen LogP contribution in [0.2, 0.25) is 0 Å². The number of nitrogens with one attached hydrogen (secondary N) is 1. The van der Waals surface area contributed by atoms with Crippen LogP contribution in [-0.4, -0.2) is 31.0 Å². The SMILES string of the molecule is CCOCNCC(=O)O. The van der Waals surface area contributed by atoms with E-state index in [0.29, 0.717) is 13.3 Å². The number of carbonyl (C=O) groups is 1. The van der Waals surface area contributed by atoms with Gasteiger partial charge in [0.15, 0.2) is 0 Å². The van der Waals surface area contributed by atoms with Crippen molar-refractivity contribution in [3.63, 3.8) is 0 Å². The average molecular weight is 133 g/mol. The van der Waals surface area contributed by atoms with E-state index in [1.165, 1.54) is 0 Å². The molecule has 0 aliphatic rings. The molecule has 0 saturated heterocycles. The van der Waals surface area contributed by atoms with E-state index >= 15 is 0 Å². The lowest BCUT2D eigenvalue weighted by molar-refractivity contribution is -0.136. The molecule has 0 aromatic heterocycles. The van der Waals surface area contributed by atoms with Gasteiger partial charge in [0.25, 0.3) is 0 Å². The predicted molar refractivity (Wildman–Crippen MR) is 32.1 cm³/mol. The normalized spacial score (nSPS) is 9.44. The Kier molecular flexibility index (Phi) is 5.15. The van der Waals surface area contributed by atoms with Crippen molar-refractivity contribution < 1.29 is 14.6 Å². The lowest BCUT2D eigenvalue weighted by Gasteiger charge is -1.99. The minimum absolute atomic E-state index is 0.0417. The van der Waals surface area contributed by atoms with Crippen molar-refractivity contribution >= 4 is 5.97 Å². The van der Waals surface area contributed by atoms with Gasteiger partial charge in [0.2, 0.25) is 0 Å². The lowest BCUT2D eigenvalue weighted by atomic mass is 10.7. The summed E-state index contributed by atoms with van der Waals surface area (Å²) in [5.41, 5.74) is 0. The van der Waals surface area contributed by atoms with Gasteiger partial charge < -0.3 is 9.84 Å². The highest BCUT2D eigenvalue weighted by Gasteiger charge is 1.91. The summed E-state index contributed by atoms with van der Waals surface area (Å²) in [7, 11) is 0. The third-order valence-electron chi connectivity index (χ3n) is 0.684. The molecule has 0 radical (unpaired) electrons. The van der Waals surface area contributed by atoms with E-state index in [9.17, 15) is 4.79 Å². The minimum Gasteiger partial charge on any atom is -0.480 e. The van der Waals surface area contributed by atoms with Gasteiger partial charge in [-0.1, -0.05) is 0 Å². The molecule has 4 heteroatoms. The molecule has 0 fully saturated rings. The molecular formula is C5H11NO3. The Hall–Kier alpha value is -0.610. The van der Waals surface area contributed by atoms with Crippen LogP contribution in [0.25, 0.3) is 0 Å². The Morgan fingerprint density at radius 1 is 1.78 bits per heavy atom. The smallest absolute Gasteiger partial charge is 0.317 e. The van der Waals surface area contributed by atoms with E-state index in [1.54, 1.807) is 0 Å². The predicted octanol–water partition coefficient (Wildman–Crippen LogP) is -0.345. The monoisotopic (exact) mass is 133 g/mol. The molecule has 0 aromatic rings. The fourth-order valence-electron chi connectivity index (χ4n) is 0.332. The zero-order valence-corrected chi connectivity index (χ0v) is 5.39. The summed E-state index contributed by atoms with van der Waals surface area (Å²) in [6.45, 7) is 2.72. The van der Waals surface area contributed by atoms with Crippen molar-refractivity contribution in [2.75, 3.05) is 19.9 Å². The minimum atomic E-state index is -0.866. The summed E-state index contributed by atoms with van der Waals surface area (Å²) < 4.78 is 4.81. The largest absolute Gasteiger partial charge is 0.480 e. The van der Waals surface area contributed by atoms with Gasteiger partial charge in [0, 0.05) is 6.61 Å². The summed E-state index contributed by atoms with van der Waals surface area (Å²) in [6.07, 6.45) is 0. The first-order valence-electron chi connectivity index (χ1n) is 2.77. The van der Waals surface area contributed by atoms with Crippen LogP contribution in [0, 0.1) is 0 Å². The molecule has 0 rings (SSSR count). The number of hydrogen-bond donors (Lipinski definition) is 2. The maximum absolute atomic E-state index is 9.84. The molecule has 0 unspecified atom stereocenters. The third-order valence-corrected chi connectivity index (χ3v) is 0.684. The van der Waals surface area contributed by atoms with E-state index in [2.05, 4.69) is 5.32 Å². The van der Waals surface area contributed by atoms with Gasteiger partial charge in [0.1, 0.15) is 0 Å². The molecule has 0 amide bonds. The van der Waals surface area contributed by atoms with Gasteiger partial charge in [-0.05, 0) is 6.92 Å². The van der Waals surface area contributed by atoms with Crippen LogP contribution >= 0.6 is 0 Å². The number of hydrogen-bond acceptors (Lipinski definition) is 3. The summed E-state index contributed by atoms with van der Waals surface area (Å²) in [5.74, 6) is -0.866. The van der Waals surface area contributed by atoms with Crippen molar-refractivity contribution in [3.8, 4) is 0 Å². The Morgan fingerprint density at radius 2 is 2.44 bits per heavy atom. The summed E-state index contributed by atoms with van der Waals surface area (Å²) in [4.78, 5) is 9.84. The van der Waals surface area contributed by atoms with Gasteiger partial charge in [0.05, 0.1) is 13.3 Å². The fourth-order valence-corrected chi connectivity index (χ4v) is 0.332. The summed E-state index contributed by atoms with van der Waals surface area (Å²) >= 11 is 0. The molecule has 0 atom stereocenters. The van der Waals surface area contributed by atoms with Crippen LogP contribution in [0.15, 0.2) is 0 Å². The van der Waals surface area contributed by atoms with Crippen LogP contribution in [0.1, 0.15) is 6.92 Å². The highest BCUT2D eigenvalue weighted by molar-refractivity contribution is 5.68. The highest BCUT2D eigenvalue weighted by atomic mass is 16.5. The maximum atomic E-state index is 9.84. The second kappa shape index (κ2) is 5.53. The average Bonchev–Trinajstić information content (AvgIpc) is 1.80. The van der Waals surface area contributed by atoms with Crippen LogP contribution in [0.4, 0.5) is 0 Å². The van der Waals surface area contributed by atoms with Crippen molar-refractivity contribution in [1.82, 2.24) is 5.32 Å². The molecule has 0 aliphatic heterocycles. The first-order chi connectivity index (χ1) is 4.27. The molecule has 0 heterocycles. The molecule has 2 N–H and O–H groups in total. The molecule has 0 spiro atoms. The van der Waals surface area contributed by atoms with Crippen LogP contribution in [0.3, 0.4) is 0 Å². The van der Waals surface area contributed by atoms with E-state index in [1.807, 2.05) is 6.92 Å². The molecule has 0 aliphatic carbocycles. The molecule has 9 heavy (non-hydrogen) atoms. The van der Waals surface area contributed by atoms with Crippen LogP contribution < -0.4 is 5.32 Å². The molecule has 0 aromatic carbocycles. The van der Waals surface area contributed by atoms with Gasteiger partial charge in [-0.2, -0.15) is 0 Å². The molecule has 54 valence electrons. The quantitative estimate of drug-likeness (QED) is 0.397. The maximum Gasteiger partial charge on any atom is 0.317 e. The topological polar surface area (TPSA) is 58.6 Å². The van der Waals surface area contributed by atoms with Crippen molar-refractivity contribution in [2.45, 2.75) is 6.92 Å². The van der Waals surface area contributed by atoms with Gasteiger partial charge >= 0.3 is 5.97 Å². The van der Waals surface area contributed by atoms with Crippen LogP contribution in [-0.2, 0) is 9.53 Å². The Labute approximate surface area is 53.8 Å². The van der Waals surface area contributed by atoms with E-state index < -0.39 is 5.97 Å². The van der Waals surface area contributed by atoms with Crippen molar-refractivity contribution in [1.29, 1.82) is 0 Å². The second-order valence-corrected chi connectivity index (χ2v) is 1.46. The van der Waals surface area contributed by atoms with E-state index in [-0.39, 0.29) is 6.54 Å². The highest BCUT2D eigenvalue weighted by Crippen LogP contribution is 1.66. The number of carboxylic acid groups (broad SMARTS) is 1. The molecular weight excluding hydrogens is 122 g/mol. The van der Waals surface area contributed by atoms with E-state index in [0.717, 1.165) is 0 Å². The molecule has 4 nitrogen and oxygen atoms in total. The zero-order valence-electron chi connectivity index (χ0n) is 5.39. The van der Waals surface area contributed by atoms with Gasteiger partial charge in [-0.25, -0.2) is 0 Å². The Bertz CT molecular complexity index is 84.3. The standard InChI is InChI=1S/C5H11NO3/c1-2-9-4-6-3-5(7)8/h6H,2-4H2,1H3,(H,7,8). The number of aliphatic carboxylic acids is 1. The van der Waals surface area contributed by atoms with Crippen molar-refractivity contribution in [2.24, 2.45) is 0 Å². The Balaban J connectivity index is 2.83.